The summed E-state index contributed by atoms with van der Waals surface area (Å²) in [4.78, 5) is 24.1. The van der Waals surface area contributed by atoms with Crippen LogP contribution in [0.15, 0.2) is 16.9 Å². The molecular weight excluding hydrogens is 172 g/mol. The van der Waals surface area contributed by atoms with Crippen LogP contribution in [0, 0.1) is 0 Å². The van der Waals surface area contributed by atoms with Crippen LogP contribution < -0.4 is 11.3 Å². The van der Waals surface area contributed by atoms with Gasteiger partial charge in [-0.05, 0) is 6.07 Å². The van der Waals surface area contributed by atoms with E-state index >= 15 is 0 Å². The number of H-pyrrole nitrogens is 1. The molecule has 0 spiro atoms. The van der Waals surface area contributed by atoms with E-state index in [-0.39, 0.29) is 17.7 Å². The van der Waals surface area contributed by atoms with E-state index in [2.05, 4.69) is 4.98 Å². The van der Waals surface area contributed by atoms with Crippen LogP contribution in [0.3, 0.4) is 0 Å². The van der Waals surface area contributed by atoms with Gasteiger partial charge in [0.15, 0.2) is 0 Å². The normalized spacial score (nSPS) is 9.92. The van der Waals surface area contributed by atoms with Gasteiger partial charge in [0.05, 0.1) is 0 Å². The number of aromatic nitrogens is 1. The lowest BCUT2D eigenvalue weighted by molar-refractivity contribution is 0.1000. The summed E-state index contributed by atoms with van der Waals surface area (Å²) >= 11 is 0. The van der Waals surface area contributed by atoms with Gasteiger partial charge in [0, 0.05) is 30.4 Å². The van der Waals surface area contributed by atoms with E-state index in [0.29, 0.717) is 12.1 Å². The second-order valence-electron chi connectivity index (χ2n) is 2.60. The third-order valence-electron chi connectivity index (χ3n) is 1.57. The molecule has 0 aromatic carbocycles. The van der Waals surface area contributed by atoms with Crippen molar-refractivity contribution in [2.24, 2.45) is 5.73 Å². The Morgan fingerprint density at radius 1 is 1.54 bits per heavy atom. The van der Waals surface area contributed by atoms with Crippen LogP contribution in [-0.2, 0) is 6.42 Å². The molecule has 0 saturated heterocycles. The maximum absolute atomic E-state index is 10.9. The third kappa shape index (κ3) is 2.41. The van der Waals surface area contributed by atoms with Gasteiger partial charge in [-0.3, -0.25) is 9.59 Å². The smallest absolute Gasteiger partial charge is 0.248 e. The Morgan fingerprint density at radius 3 is 2.77 bits per heavy atom. The number of nitrogens with one attached hydrogen (secondary N) is 1. The summed E-state index contributed by atoms with van der Waals surface area (Å²) < 4.78 is 0. The van der Waals surface area contributed by atoms with Crippen molar-refractivity contribution >= 4 is 5.91 Å². The zero-order valence-corrected chi connectivity index (χ0v) is 6.91. The molecule has 0 radical (unpaired) electrons. The molecule has 5 nitrogen and oxygen atoms in total. The number of aliphatic hydroxyl groups is 1. The zero-order chi connectivity index (χ0) is 9.84. The number of hydrogen-bond donors (Lipinski definition) is 3. The van der Waals surface area contributed by atoms with Crippen LogP contribution in [0.1, 0.15) is 16.1 Å². The molecule has 70 valence electrons. The first-order valence-electron chi connectivity index (χ1n) is 3.77. The molecule has 0 bridgehead atoms. The highest BCUT2D eigenvalue weighted by Gasteiger charge is 2.03. The molecule has 0 fully saturated rings. The number of pyridine rings is 1. The lowest BCUT2D eigenvalue weighted by Crippen LogP contribution is -2.17. The van der Waals surface area contributed by atoms with E-state index in [0.717, 1.165) is 6.07 Å². The minimum atomic E-state index is -0.648. The summed E-state index contributed by atoms with van der Waals surface area (Å²) in [6, 6.07) is 2.59. The van der Waals surface area contributed by atoms with E-state index in [9.17, 15) is 9.59 Å². The number of primary amides is 1. The predicted octanol–water partition coefficient (Wildman–Crippen LogP) is -0.991. The predicted molar refractivity (Wildman–Crippen MR) is 46.4 cm³/mol. The molecule has 0 aliphatic rings. The summed E-state index contributed by atoms with van der Waals surface area (Å²) in [5, 5.41) is 8.60. The lowest BCUT2D eigenvalue weighted by atomic mass is 10.2. The lowest BCUT2D eigenvalue weighted by Gasteiger charge is -1.99. The van der Waals surface area contributed by atoms with Gasteiger partial charge >= 0.3 is 0 Å². The van der Waals surface area contributed by atoms with Gasteiger partial charge < -0.3 is 15.8 Å². The van der Waals surface area contributed by atoms with Crippen molar-refractivity contribution in [3.8, 4) is 0 Å². The van der Waals surface area contributed by atoms with Crippen LogP contribution in [0.5, 0.6) is 0 Å². The second-order valence-corrected chi connectivity index (χ2v) is 2.60. The van der Waals surface area contributed by atoms with Crippen molar-refractivity contribution < 1.29 is 9.90 Å². The molecular formula is C8H10N2O3. The van der Waals surface area contributed by atoms with E-state index in [1.807, 2.05) is 0 Å². The van der Waals surface area contributed by atoms with E-state index in [4.69, 9.17) is 10.8 Å². The molecule has 5 heteroatoms. The summed E-state index contributed by atoms with van der Waals surface area (Å²) in [5.41, 5.74) is 5.27. The molecule has 1 heterocycles. The van der Waals surface area contributed by atoms with Gasteiger partial charge in [0.25, 0.3) is 0 Å². The van der Waals surface area contributed by atoms with Crippen molar-refractivity contribution in [3.05, 3.63) is 33.7 Å². The molecule has 0 aliphatic heterocycles. The molecule has 1 aromatic rings. The minimum Gasteiger partial charge on any atom is -0.396 e. The summed E-state index contributed by atoms with van der Waals surface area (Å²) in [5.74, 6) is -0.648. The molecule has 0 aliphatic carbocycles. The van der Waals surface area contributed by atoms with Crippen LogP contribution in [0.2, 0.25) is 0 Å². The quantitative estimate of drug-likeness (QED) is 0.559. The highest BCUT2D eigenvalue weighted by Crippen LogP contribution is 1.98. The molecule has 1 rings (SSSR count). The van der Waals surface area contributed by atoms with Gasteiger partial charge in [-0.2, -0.15) is 0 Å². The highest BCUT2D eigenvalue weighted by molar-refractivity contribution is 5.92. The monoisotopic (exact) mass is 182 g/mol. The molecule has 0 saturated carbocycles. The fourth-order valence-electron chi connectivity index (χ4n) is 0.998. The number of aromatic amines is 1. The van der Waals surface area contributed by atoms with Crippen LogP contribution in [0.4, 0.5) is 0 Å². The van der Waals surface area contributed by atoms with Crippen LogP contribution >= 0.6 is 0 Å². The first-order valence-corrected chi connectivity index (χ1v) is 3.77. The maximum atomic E-state index is 10.9. The molecule has 1 aromatic heterocycles. The minimum absolute atomic E-state index is 0.0852. The maximum Gasteiger partial charge on any atom is 0.248 e. The molecule has 13 heavy (non-hydrogen) atoms. The van der Waals surface area contributed by atoms with Crippen molar-refractivity contribution in [2.75, 3.05) is 6.61 Å². The Labute approximate surface area is 74.2 Å². The zero-order valence-electron chi connectivity index (χ0n) is 6.91. The Balaban J connectivity index is 3.11. The number of carbonyl (C=O) groups excluding carboxylic acids is 1. The van der Waals surface area contributed by atoms with E-state index in [1.54, 1.807) is 0 Å². The summed E-state index contributed by atoms with van der Waals surface area (Å²) in [6.07, 6.45) is 0.302. The first kappa shape index (κ1) is 9.47. The van der Waals surface area contributed by atoms with Crippen molar-refractivity contribution in [3.63, 3.8) is 0 Å². The topological polar surface area (TPSA) is 96.2 Å². The van der Waals surface area contributed by atoms with Crippen molar-refractivity contribution in [2.45, 2.75) is 6.42 Å². The molecule has 1 amide bonds. The average molecular weight is 182 g/mol. The van der Waals surface area contributed by atoms with E-state index < -0.39 is 5.91 Å². The molecule has 4 N–H and O–H groups in total. The Hall–Kier alpha value is -1.62. The third-order valence-corrected chi connectivity index (χ3v) is 1.57. The summed E-state index contributed by atoms with van der Waals surface area (Å²) in [6.45, 7) is -0.0852. The number of aliphatic hydroxyl groups excluding tert-OH is 1. The standard InChI is InChI=1S/C8H10N2O3/c9-8(13)5-3-6(1-2-11)10-7(12)4-5/h3-4,11H,1-2H2,(H2,9,13)(H,10,12). The Kier molecular flexibility index (Phi) is 2.81. The SMILES string of the molecule is NC(=O)c1cc(CCO)[nH]c(=O)c1. The van der Waals surface area contributed by atoms with Crippen LogP contribution in [0.25, 0.3) is 0 Å². The second kappa shape index (κ2) is 3.86. The number of hydrogen-bond acceptors (Lipinski definition) is 3. The number of nitrogens with two attached hydrogens (primary N) is 1. The van der Waals surface area contributed by atoms with Crippen LogP contribution in [-0.4, -0.2) is 22.6 Å². The van der Waals surface area contributed by atoms with Crippen molar-refractivity contribution in [1.82, 2.24) is 4.98 Å². The Morgan fingerprint density at radius 2 is 2.23 bits per heavy atom. The Bertz CT molecular complexity index is 370. The fraction of sp³-hybridized carbons (Fsp3) is 0.250. The van der Waals surface area contributed by atoms with Gasteiger partial charge in [-0.15, -0.1) is 0 Å². The highest BCUT2D eigenvalue weighted by atomic mass is 16.3. The largest absolute Gasteiger partial charge is 0.396 e. The number of rotatable bonds is 3. The molecule has 0 atom stereocenters. The van der Waals surface area contributed by atoms with Crippen molar-refractivity contribution in [1.29, 1.82) is 0 Å². The average Bonchev–Trinajstić information content (AvgIpc) is 2.03. The van der Waals surface area contributed by atoms with Gasteiger partial charge in [-0.1, -0.05) is 0 Å². The van der Waals surface area contributed by atoms with Gasteiger partial charge in [-0.25, -0.2) is 0 Å². The molecule has 0 unspecified atom stereocenters. The van der Waals surface area contributed by atoms with E-state index in [1.165, 1.54) is 6.07 Å². The fourth-order valence-corrected chi connectivity index (χ4v) is 0.998. The first-order chi connectivity index (χ1) is 6.13. The number of amides is 1. The van der Waals surface area contributed by atoms with Gasteiger partial charge in [0.1, 0.15) is 0 Å². The van der Waals surface area contributed by atoms with Gasteiger partial charge in [0.2, 0.25) is 11.5 Å². The number of carbonyl (C=O) groups is 1. The summed E-state index contributed by atoms with van der Waals surface area (Å²) in [7, 11) is 0.